The Labute approximate surface area is 125 Å². The second-order valence-corrected chi connectivity index (χ2v) is 5.73. The largest absolute Gasteiger partial charge is 0.398 e. The van der Waals surface area contributed by atoms with Crippen molar-refractivity contribution in [1.29, 1.82) is 0 Å². The zero-order valence-electron chi connectivity index (χ0n) is 12.5. The predicted molar refractivity (Wildman–Crippen MR) is 86.8 cm³/mol. The lowest BCUT2D eigenvalue weighted by atomic mass is 9.97. The predicted octanol–water partition coefficient (Wildman–Crippen LogP) is 3.48. The van der Waals surface area contributed by atoms with Gasteiger partial charge in [0.25, 0.3) is 5.91 Å². The van der Waals surface area contributed by atoms with E-state index < -0.39 is 0 Å². The molecule has 2 N–H and O–H groups in total. The third kappa shape index (κ3) is 2.40. The Morgan fingerprint density at radius 1 is 1.19 bits per heavy atom. The number of para-hydroxylation sites is 1. The molecule has 0 bridgehead atoms. The molecule has 1 amide bonds. The van der Waals surface area contributed by atoms with Crippen molar-refractivity contribution in [1.82, 2.24) is 0 Å². The van der Waals surface area contributed by atoms with Gasteiger partial charge in [0, 0.05) is 12.2 Å². The van der Waals surface area contributed by atoms with Crippen LogP contribution >= 0.6 is 0 Å². The minimum atomic E-state index is 0.00597. The number of benzene rings is 2. The molecule has 2 aromatic rings. The van der Waals surface area contributed by atoms with Gasteiger partial charge < -0.3 is 10.6 Å². The Kier molecular flexibility index (Phi) is 3.42. The maximum atomic E-state index is 12.9. The van der Waals surface area contributed by atoms with Crippen LogP contribution in [0.25, 0.3) is 0 Å². The number of nitrogen functional groups attached to an aromatic ring is 1. The van der Waals surface area contributed by atoms with Gasteiger partial charge in [0.05, 0.1) is 11.3 Å². The highest BCUT2D eigenvalue weighted by Gasteiger charge is 2.26. The molecule has 1 aliphatic heterocycles. The summed E-state index contributed by atoms with van der Waals surface area (Å²) < 4.78 is 0. The molecule has 108 valence electrons. The first-order valence-corrected chi connectivity index (χ1v) is 7.34. The van der Waals surface area contributed by atoms with Crippen LogP contribution in [0.3, 0.4) is 0 Å². The number of nitrogens with zero attached hydrogens (tertiary/aromatic N) is 1. The first-order valence-electron chi connectivity index (χ1n) is 7.34. The van der Waals surface area contributed by atoms with Crippen LogP contribution in [0.1, 0.15) is 33.5 Å². The van der Waals surface area contributed by atoms with E-state index in [-0.39, 0.29) is 5.91 Å². The monoisotopic (exact) mass is 280 g/mol. The Morgan fingerprint density at radius 3 is 2.81 bits per heavy atom. The van der Waals surface area contributed by atoms with Gasteiger partial charge in [-0.3, -0.25) is 4.79 Å². The van der Waals surface area contributed by atoms with Gasteiger partial charge in [-0.05, 0) is 49.9 Å². The molecule has 0 aliphatic carbocycles. The maximum Gasteiger partial charge on any atom is 0.260 e. The van der Waals surface area contributed by atoms with E-state index in [1.165, 1.54) is 5.56 Å². The third-order valence-corrected chi connectivity index (χ3v) is 4.10. The number of carbonyl (C=O) groups is 1. The zero-order valence-corrected chi connectivity index (χ0v) is 12.5. The molecule has 3 heteroatoms. The van der Waals surface area contributed by atoms with Crippen molar-refractivity contribution >= 4 is 17.3 Å². The minimum absolute atomic E-state index is 0.00597. The van der Waals surface area contributed by atoms with Crippen LogP contribution in [0.2, 0.25) is 0 Å². The first kappa shape index (κ1) is 13.7. The molecule has 0 spiro atoms. The summed E-state index contributed by atoms with van der Waals surface area (Å²) in [7, 11) is 0. The van der Waals surface area contributed by atoms with Crippen LogP contribution < -0.4 is 10.6 Å². The lowest BCUT2D eigenvalue weighted by molar-refractivity contribution is 0.0985. The molecule has 0 radical (unpaired) electrons. The summed E-state index contributed by atoms with van der Waals surface area (Å²) in [6.45, 7) is 4.79. The number of rotatable bonds is 1. The van der Waals surface area contributed by atoms with Crippen LogP contribution in [0.15, 0.2) is 36.4 Å². The topological polar surface area (TPSA) is 46.3 Å². The van der Waals surface area contributed by atoms with Gasteiger partial charge in [-0.1, -0.05) is 29.8 Å². The van der Waals surface area contributed by atoms with Crippen molar-refractivity contribution < 1.29 is 4.79 Å². The zero-order chi connectivity index (χ0) is 15.0. The fourth-order valence-corrected chi connectivity index (χ4v) is 3.05. The number of hydrogen-bond acceptors (Lipinski definition) is 2. The quantitative estimate of drug-likeness (QED) is 0.813. The fourth-order valence-electron chi connectivity index (χ4n) is 3.05. The van der Waals surface area contributed by atoms with E-state index in [1.54, 1.807) is 0 Å². The smallest absolute Gasteiger partial charge is 0.260 e. The molecule has 2 aromatic carbocycles. The van der Waals surface area contributed by atoms with Crippen molar-refractivity contribution in [3.63, 3.8) is 0 Å². The molecule has 3 nitrogen and oxygen atoms in total. The molecule has 0 fully saturated rings. The summed E-state index contributed by atoms with van der Waals surface area (Å²) in [5, 5.41) is 0. The SMILES string of the molecule is Cc1ccc(N)c(C(=O)N2CCCc3cccc(C)c32)c1. The minimum Gasteiger partial charge on any atom is -0.398 e. The number of hydrogen-bond donors (Lipinski definition) is 1. The van der Waals surface area contributed by atoms with E-state index in [1.807, 2.05) is 30.0 Å². The second-order valence-electron chi connectivity index (χ2n) is 5.73. The van der Waals surface area contributed by atoms with Gasteiger partial charge in [0.1, 0.15) is 0 Å². The van der Waals surface area contributed by atoms with Crippen LogP contribution in [0, 0.1) is 13.8 Å². The Bertz CT molecular complexity index is 706. The van der Waals surface area contributed by atoms with Crippen molar-refractivity contribution in [3.8, 4) is 0 Å². The van der Waals surface area contributed by atoms with Gasteiger partial charge in [0.2, 0.25) is 0 Å². The Balaban J connectivity index is 2.06. The van der Waals surface area contributed by atoms with E-state index in [0.717, 1.165) is 36.2 Å². The Morgan fingerprint density at radius 2 is 2.00 bits per heavy atom. The first-order chi connectivity index (χ1) is 10.1. The molecule has 0 saturated heterocycles. The van der Waals surface area contributed by atoms with E-state index >= 15 is 0 Å². The molecular formula is C18H20N2O. The molecular weight excluding hydrogens is 260 g/mol. The summed E-state index contributed by atoms with van der Waals surface area (Å²) >= 11 is 0. The highest BCUT2D eigenvalue weighted by Crippen LogP contribution is 2.32. The van der Waals surface area contributed by atoms with Crippen molar-refractivity contribution in [2.75, 3.05) is 17.2 Å². The van der Waals surface area contributed by atoms with Crippen molar-refractivity contribution in [2.45, 2.75) is 26.7 Å². The van der Waals surface area contributed by atoms with Crippen molar-refractivity contribution in [2.24, 2.45) is 0 Å². The molecule has 1 heterocycles. The van der Waals surface area contributed by atoms with Crippen LogP contribution in [0.5, 0.6) is 0 Å². The Hall–Kier alpha value is -2.29. The molecule has 21 heavy (non-hydrogen) atoms. The third-order valence-electron chi connectivity index (χ3n) is 4.10. The normalized spacial score (nSPS) is 13.9. The average Bonchev–Trinajstić information content (AvgIpc) is 2.49. The van der Waals surface area contributed by atoms with Gasteiger partial charge >= 0.3 is 0 Å². The molecule has 3 rings (SSSR count). The van der Waals surface area contributed by atoms with Crippen LogP contribution in [-0.4, -0.2) is 12.5 Å². The number of nitrogens with two attached hydrogens (primary N) is 1. The lowest BCUT2D eigenvalue weighted by Gasteiger charge is -2.31. The number of amides is 1. The summed E-state index contributed by atoms with van der Waals surface area (Å²) in [5.41, 5.74) is 11.7. The number of fused-ring (bicyclic) bond motifs is 1. The molecule has 0 unspecified atom stereocenters. The van der Waals surface area contributed by atoms with Gasteiger partial charge in [0.15, 0.2) is 0 Å². The van der Waals surface area contributed by atoms with E-state index in [2.05, 4.69) is 25.1 Å². The lowest BCUT2D eigenvalue weighted by Crippen LogP contribution is -2.36. The second kappa shape index (κ2) is 5.24. The molecule has 0 aromatic heterocycles. The summed E-state index contributed by atoms with van der Waals surface area (Å²) in [6.07, 6.45) is 2.03. The van der Waals surface area contributed by atoms with Crippen molar-refractivity contribution in [3.05, 3.63) is 58.7 Å². The van der Waals surface area contributed by atoms with E-state index in [0.29, 0.717) is 11.3 Å². The maximum absolute atomic E-state index is 12.9. The molecule has 1 aliphatic rings. The van der Waals surface area contributed by atoms with Gasteiger partial charge in [-0.15, -0.1) is 0 Å². The van der Waals surface area contributed by atoms with Crippen LogP contribution in [-0.2, 0) is 6.42 Å². The summed E-state index contributed by atoms with van der Waals surface area (Å²) in [6, 6.07) is 11.9. The van der Waals surface area contributed by atoms with Crippen LogP contribution in [0.4, 0.5) is 11.4 Å². The summed E-state index contributed by atoms with van der Waals surface area (Å²) in [5.74, 6) is 0.00597. The average molecular weight is 280 g/mol. The standard InChI is InChI=1S/C18H20N2O/c1-12-8-9-16(19)15(11-12)18(21)20-10-4-7-14-6-3-5-13(2)17(14)20/h3,5-6,8-9,11H,4,7,10,19H2,1-2H3. The van der Waals surface area contributed by atoms with Gasteiger partial charge in [-0.2, -0.15) is 0 Å². The number of anilines is 2. The molecule has 0 atom stereocenters. The van der Waals surface area contributed by atoms with E-state index in [4.69, 9.17) is 5.73 Å². The molecule has 0 saturated carbocycles. The highest BCUT2D eigenvalue weighted by molar-refractivity contribution is 6.10. The van der Waals surface area contributed by atoms with E-state index in [9.17, 15) is 4.79 Å². The number of carbonyl (C=O) groups excluding carboxylic acids is 1. The summed E-state index contributed by atoms with van der Waals surface area (Å²) in [4.78, 5) is 14.8. The number of aryl methyl sites for hydroxylation is 3. The van der Waals surface area contributed by atoms with Gasteiger partial charge in [-0.25, -0.2) is 0 Å². The highest BCUT2D eigenvalue weighted by atomic mass is 16.2. The fraction of sp³-hybridized carbons (Fsp3) is 0.278.